The molecule has 2 atom stereocenters. The molecule has 0 saturated carbocycles. The van der Waals surface area contributed by atoms with E-state index in [0.717, 1.165) is 6.42 Å². The monoisotopic (exact) mass is 480 g/mol. The van der Waals surface area contributed by atoms with Gasteiger partial charge >= 0.3 is 6.09 Å². The van der Waals surface area contributed by atoms with Crippen LogP contribution in [0.3, 0.4) is 0 Å². The molecule has 1 fully saturated rings. The Labute approximate surface area is 208 Å². The third-order valence-corrected chi connectivity index (χ3v) is 7.50. The maximum atomic E-state index is 12.4. The summed E-state index contributed by atoms with van der Waals surface area (Å²) >= 11 is 0. The van der Waals surface area contributed by atoms with E-state index in [1.165, 1.54) is 22.3 Å². The van der Waals surface area contributed by atoms with Crippen LogP contribution >= 0.6 is 0 Å². The van der Waals surface area contributed by atoms with E-state index in [2.05, 4.69) is 120 Å². The summed E-state index contributed by atoms with van der Waals surface area (Å²) in [5.41, 5.74) is 5.50. The van der Waals surface area contributed by atoms with E-state index in [9.17, 15) is 4.79 Å². The van der Waals surface area contributed by atoms with Crippen molar-refractivity contribution in [1.82, 2.24) is 10.3 Å². The van der Waals surface area contributed by atoms with Crippen molar-refractivity contribution in [2.24, 2.45) is 0 Å². The molecule has 3 rings (SSSR count). The van der Waals surface area contributed by atoms with Gasteiger partial charge in [0, 0.05) is 24.9 Å². The molecule has 5 heteroatoms. The van der Waals surface area contributed by atoms with E-state index in [4.69, 9.17) is 4.74 Å². The van der Waals surface area contributed by atoms with Crippen LogP contribution < -0.4 is 10.3 Å². The lowest BCUT2D eigenvalue weighted by molar-refractivity contribution is 0.111. The number of benzene rings is 2. The van der Waals surface area contributed by atoms with Gasteiger partial charge in [-0.2, -0.15) is 0 Å². The highest BCUT2D eigenvalue weighted by Gasteiger charge is 2.35. The van der Waals surface area contributed by atoms with Crippen molar-refractivity contribution in [1.29, 1.82) is 0 Å². The van der Waals surface area contributed by atoms with E-state index in [1.807, 2.05) is 0 Å². The van der Waals surface area contributed by atoms with Crippen molar-refractivity contribution in [2.75, 3.05) is 6.54 Å². The molecular formula is C29H44N2O2Si. The number of hydrogen-bond acceptors (Lipinski definition) is 3. The Morgan fingerprint density at radius 2 is 1.32 bits per heavy atom. The zero-order valence-corrected chi connectivity index (χ0v) is 23.6. The highest BCUT2D eigenvalue weighted by Crippen LogP contribution is 2.35. The summed E-state index contributed by atoms with van der Waals surface area (Å²) < 4.78 is 5.79. The van der Waals surface area contributed by atoms with Gasteiger partial charge in [-0.1, -0.05) is 110 Å². The van der Waals surface area contributed by atoms with Crippen molar-refractivity contribution in [3.05, 3.63) is 70.8 Å². The van der Waals surface area contributed by atoms with Gasteiger partial charge in [-0.05, 0) is 33.1 Å². The lowest BCUT2D eigenvalue weighted by Crippen LogP contribution is -2.46. The summed E-state index contributed by atoms with van der Waals surface area (Å²) in [4.78, 5) is 15.4. The van der Waals surface area contributed by atoms with Gasteiger partial charge in [-0.15, -0.1) is 0 Å². The molecule has 2 N–H and O–H groups in total. The molecule has 0 aromatic heterocycles. The van der Waals surface area contributed by atoms with Crippen LogP contribution in [-0.4, -0.2) is 33.0 Å². The fraction of sp³-hybridized carbons (Fsp3) is 0.552. The number of hydrogen-bond donors (Lipinski definition) is 2. The Hall–Kier alpha value is -2.11. The Morgan fingerprint density at radius 1 is 0.882 bits per heavy atom. The van der Waals surface area contributed by atoms with Gasteiger partial charge in [-0.3, -0.25) is 0 Å². The molecule has 0 radical (unpaired) electrons. The predicted octanol–water partition coefficient (Wildman–Crippen LogP) is 6.71. The summed E-state index contributed by atoms with van der Waals surface area (Å²) in [6, 6.07) is 18.3. The van der Waals surface area contributed by atoms with E-state index >= 15 is 0 Å². The zero-order valence-electron chi connectivity index (χ0n) is 22.6. The average Bonchev–Trinajstić information content (AvgIpc) is 3.14. The topological polar surface area (TPSA) is 50.4 Å². The van der Waals surface area contributed by atoms with Crippen LogP contribution in [0.4, 0.5) is 4.79 Å². The number of carbonyl (C=O) groups is 1. The summed E-state index contributed by atoms with van der Waals surface area (Å²) in [6.45, 7) is 20.5. The van der Waals surface area contributed by atoms with Gasteiger partial charge < -0.3 is 15.0 Å². The molecule has 0 unspecified atom stereocenters. The molecule has 1 aliphatic rings. The third kappa shape index (κ3) is 6.95. The number of nitrogens with one attached hydrogen (secondary N) is 2. The van der Waals surface area contributed by atoms with E-state index in [0.29, 0.717) is 6.54 Å². The molecule has 34 heavy (non-hydrogen) atoms. The molecular weight excluding hydrogens is 436 g/mol. The smallest absolute Gasteiger partial charge is 0.399 e. The predicted molar refractivity (Wildman–Crippen MR) is 145 cm³/mol. The van der Waals surface area contributed by atoms with Crippen molar-refractivity contribution < 1.29 is 9.53 Å². The minimum absolute atomic E-state index is 0.119. The highest BCUT2D eigenvalue weighted by molar-refractivity contribution is 6.75. The van der Waals surface area contributed by atoms with Crippen LogP contribution in [0.1, 0.15) is 76.1 Å². The van der Waals surface area contributed by atoms with Crippen molar-refractivity contribution >= 4 is 14.3 Å². The Bertz CT molecular complexity index is 906. The van der Waals surface area contributed by atoms with Gasteiger partial charge in [0.05, 0.1) is 0 Å². The largest absolute Gasteiger partial charge is 0.445 e. The number of rotatable bonds is 5. The van der Waals surface area contributed by atoms with Crippen LogP contribution in [0.5, 0.6) is 0 Å². The SMILES string of the molecule is CC(C)(C)c1ccc(C(c2ccc(C(C)(C)C)cc2)[C@H]2C[C@@H](OC(=O)N[Si](C)(C)C)CN2)cc1. The number of amides is 1. The lowest BCUT2D eigenvalue weighted by atomic mass is 9.80. The van der Waals surface area contributed by atoms with Gasteiger partial charge in [0.15, 0.2) is 8.24 Å². The van der Waals surface area contributed by atoms with Gasteiger partial charge in [0.1, 0.15) is 6.10 Å². The van der Waals surface area contributed by atoms with Crippen LogP contribution in [0, 0.1) is 0 Å². The van der Waals surface area contributed by atoms with Crippen molar-refractivity contribution in [3.8, 4) is 0 Å². The lowest BCUT2D eigenvalue weighted by Gasteiger charge is -2.27. The Balaban J connectivity index is 1.86. The molecule has 186 valence electrons. The highest BCUT2D eigenvalue weighted by atomic mass is 28.3. The molecule has 2 aromatic carbocycles. The molecule has 4 nitrogen and oxygen atoms in total. The van der Waals surface area contributed by atoms with Gasteiger partial charge in [-0.25, -0.2) is 4.79 Å². The Kier molecular flexibility index (Phi) is 7.69. The van der Waals surface area contributed by atoms with Crippen molar-refractivity contribution in [2.45, 2.75) is 96.5 Å². The fourth-order valence-electron chi connectivity index (χ4n) is 4.60. The van der Waals surface area contributed by atoms with E-state index < -0.39 is 8.24 Å². The first-order valence-corrected chi connectivity index (χ1v) is 16.1. The van der Waals surface area contributed by atoms with Crippen LogP contribution in [-0.2, 0) is 15.6 Å². The normalized spacial score (nSPS) is 19.4. The molecule has 1 heterocycles. The average molecular weight is 481 g/mol. The maximum absolute atomic E-state index is 12.4. The molecule has 1 aliphatic heterocycles. The molecule has 1 amide bonds. The zero-order chi connectivity index (χ0) is 25.3. The van der Waals surface area contributed by atoms with Crippen LogP contribution in [0.2, 0.25) is 19.6 Å². The van der Waals surface area contributed by atoms with Crippen LogP contribution in [0.15, 0.2) is 48.5 Å². The summed E-state index contributed by atoms with van der Waals surface area (Å²) in [5, 5.41) is 3.67. The first-order chi connectivity index (χ1) is 15.6. The van der Waals surface area contributed by atoms with E-state index in [-0.39, 0.29) is 35.0 Å². The van der Waals surface area contributed by atoms with Crippen molar-refractivity contribution in [3.63, 3.8) is 0 Å². The minimum atomic E-state index is -1.72. The van der Waals surface area contributed by atoms with Crippen LogP contribution in [0.25, 0.3) is 0 Å². The minimum Gasteiger partial charge on any atom is -0.445 e. The molecule has 2 aromatic rings. The quantitative estimate of drug-likeness (QED) is 0.468. The van der Waals surface area contributed by atoms with Gasteiger partial charge in [0.2, 0.25) is 0 Å². The molecule has 0 aliphatic carbocycles. The summed E-state index contributed by atoms with van der Waals surface area (Å²) in [5.74, 6) is 0.191. The first-order valence-electron chi connectivity index (χ1n) is 12.6. The van der Waals surface area contributed by atoms with E-state index in [1.54, 1.807) is 0 Å². The maximum Gasteiger partial charge on any atom is 0.399 e. The summed E-state index contributed by atoms with van der Waals surface area (Å²) in [6.07, 6.45) is 0.394. The molecule has 1 saturated heterocycles. The second-order valence-corrected chi connectivity index (χ2v) is 17.6. The number of ether oxygens (including phenoxy) is 1. The Morgan fingerprint density at radius 3 is 1.71 bits per heavy atom. The second kappa shape index (κ2) is 9.86. The second-order valence-electron chi connectivity index (χ2n) is 12.9. The van der Waals surface area contributed by atoms with Gasteiger partial charge in [0.25, 0.3) is 0 Å². The number of carbonyl (C=O) groups excluding carboxylic acids is 1. The third-order valence-electron chi connectivity index (χ3n) is 6.55. The standard InChI is InChI=1S/C29H44N2O2Si/c1-28(2,3)22-14-10-20(11-15-22)26(21-12-16-23(17-13-21)29(4,5)6)25-18-24(19-30-25)33-27(32)31-34(7,8)9/h10-17,24-26,30H,18-19H2,1-9H3,(H,31,32)/t24-,25-/m1/s1. The first kappa shape index (κ1) is 26.5. The molecule has 0 bridgehead atoms. The molecule has 0 spiro atoms. The summed E-state index contributed by atoms with van der Waals surface area (Å²) in [7, 11) is -1.72. The fourth-order valence-corrected chi connectivity index (χ4v) is 5.27.